The number of ether oxygens (including phenoxy) is 4. The first-order valence-electron chi connectivity index (χ1n) is 16.6. The largest absolute Gasteiger partial charge is 0.511 e. The van der Waals surface area contributed by atoms with Crippen molar-refractivity contribution in [2.45, 2.75) is 100 Å². The number of fused-ring (bicyclic) bond motifs is 2. The van der Waals surface area contributed by atoms with Gasteiger partial charge in [-0.15, -0.1) is 0 Å². The van der Waals surface area contributed by atoms with Gasteiger partial charge in [0.25, 0.3) is 0 Å². The second-order valence-corrected chi connectivity index (χ2v) is 14.7. The van der Waals surface area contributed by atoms with Gasteiger partial charge < -0.3 is 29.2 Å². The summed E-state index contributed by atoms with van der Waals surface area (Å²) in [4.78, 5) is 0. The van der Waals surface area contributed by atoms with E-state index in [0.29, 0.717) is 5.57 Å². The van der Waals surface area contributed by atoms with Crippen LogP contribution in [0.5, 0.6) is 23.0 Å². The second-order valence-electron chi connectivity index (χ2n) is 14.7. The smallest absolute Gasteiger partial charge is 0.135 e. The van der Waals surface area contributed by atoms with Crippen LogP contribution < -0.4 is 18.9 Å². The predicted octanol–water partition coefficient (Wildman–Crippen LogP) is 9.96. The summed E-state index contributed by atoms with van der Waals surface area (Å²) < 4.78 is 24.9. The van der Waals surface area contributed by atoms with E-state index in [1.807, 2.05) is 74.5 Å². The average Bonchev–Trinajstić information content (AvgIpc) is 3.00. The molecule has 0 aromatic heterocycles. The van der Waals surface area contributed by atoms with Crippen LogP contribution in [0.25, 0.3) is 11.1 Å². The molecule has 2 aliphatic heterocycles. The summed E-state index contributed by atoms with van der Waals surface area (Å²) in [6, 6.07) is 11.7. The molecule has 0 fully saturated rings. The second kappa shape index (κ2) is 12.7. The van der Waals surface area contributed by atoms with E-state index < -0.39 is 12.0 Å². The maximum absolute atomic E-state index is 11.5. The van der Waals surface area contributed by atoms with Gasteiger partial charge in [-0.1, -0.05) is 61.5 Å². The van der Waals surface area contributed by atoms with E-state index in [1.54, 1.807) is 0 Å². The van der Waals surface area contributed by atoms with E-state index in [1.165, 1.54) is 0 Å². The molecule has 6 nitrogen and oxygen atoms in total. The lowest BCUT2D eigenvalue weighted by Gasteiger charge is -2.35. The fourth-order valence-corrected chi connectivity index (χ4v) is 5.44. The van der Waals surface area contributed by atoms with Crippen LogP contribution in [0.1, 0.15) is 93.2 Å². The molecule has 0 amide bonds. The van der Waals surface area contributed by atoms with Crippen molar-refractivity contribution in [3.05, 3.63) is 94.7 Å². The molecule has 2 N–H and O–H groups in total. The van der Waals surface area contributed by atoms with Crippen LogP contribution in [0.3, 0.4) is 0 Å². The van der Waals surface area contributed by atoms with E-state index in [4.69, 9.17) is 18.9 Å². The number of rotatable bonds is 8. The topological polar surface area (TPSA) is 77.4 Å². The Balaban J connectivity index is 1.55. The average molecular weight is 627 g/mol. The zero-order chi connectivity index (χ0) is 33.6. The summed E-state index contributed by atoms with van der Waals surface area (Å²) in [7, 11) is 0. The van der Waals surface area contributed by atoms with E-state index in [2.05, 4.69) is 55.4 Å². The van der Waals surface area contributed by atoms with Crippen molar-refractivity contribution >= 4 is 11.1 Å². The van der Waals surface area contributed by atoms with Crippen molar-refractivity contribution < 1.29 is 29.2 Å². The zero-order valence-electron chi connectivity index (χ0n) is 29.0. The summed E-state index contributed by atoms with van der Waals surface area (Å²) in [5.74, 6) is 4.14. The third-order valence-electron chi connectivity index (χ3n) is 8.78. The van der Waals surface area contributed by atoms with Crippen molar-refractivity contribution in [1.29, 1.82) is 0 Å². The molecule has 4 atom stereocenters. The van der Waals surface area contributed by atoms with Gasteiger partial charge in [-0.25, -0.2) is 0 Å². The molecule has 0 bridgehead atoms. The molecule has 2 heterocycles. The van der Waals surface area contributed by atoms with Gasteiger partial charge in [0.15, 0.2) is 0 Å². The Morgan fingerprint density at radius 3 is 1.65 bits per heavy atom. The first-order valence-corrected chi connectivity index (χ1v) is 16.6. The molecule has 2 aromatic carbocycles. The van der Waals surface area contributed by atoms with Gasteiger partial charge in [0.05, 0.1) is 24.2 Å². The minimum absolute atomic E-state index is 0.0746. The van der Waals surface area contributed by atoms with E-state index in [0.717, 1.165) is 69.6 Å². The normalized spacial score (nSPS) is 22.5. The van der Waals surface area contributed by atoms with Gasteiger partial charge in [0.1, 0.15) is 40.3 Å². The fourth-order valence-electron chi connectivity index (χ4n) is 5.44. The number of benzene rings is 2. The predicted molar refractivity (Wildman–Crippen MR) is 185 cm³/mol. The molecule has 46 heavy (non-hydrogen) atoms. The highest BCUT2D eigenvalue weighted by Gasteiger charge is 2.39. The quantitative estimate of drug-likeness (QED) is 0.304. The summed E-state index contributed by atoms with van der Waals surface area (Å²) in [6.45, 7) is 20.9. The Morgan fingerprint density at radius 1 is 0.761 bits per heavy atom. The van der Waals surface area contributed by atoms with Crippen molar-refractivity contribution in [2.24, 2.45) is 16.7 Å². The molecule has 0 radical (unpaired) electrons. The van der Waals surface area contributed by atoms with E-state index in [9.17, 15) is 10.2 Å². The van der Waals surface area contributed by atoms with Crippen LogP contribution in [0.2, 0.25) is 0 Å². The zero-order valence-corrected chi connectivity index (χ0v) is 29.0. The minimum atomic E-state index is -0.894. The standard InChI is InChI=1S/C40H50O6/c1-11-23(3)43-27-13-15-33-29(21-27)25(19-35(45-33)39(5,6)7)17-31-37(41)32(38(31)42)18-26-20-36(40(8,9)10)46-34-16-14-28(22-30(26)34)44-24(4)12-2/h13-24,31,37,41-42H,11-12H2,1-10H3/b25-17+,26-18+. The molecule has 246 valence electrons. The maximum Gasteiger partial charge on any atom is 0.135 e. The van der Waals surface area contributed by atoms with Gasteiger partial charge in [-0.3, -0.25) is 0 Å². The molecule has 5 rings (SSSR count). The van der Waals surface area contributed by atoms with Gasteiger partial charge in [-0.05, 0) is 92.5 Å². The Kier molecular flexibility index (Phi) is 9.25. The lowest BCUT2D eigenvalue weighted by Crippen LogP contribution is -2.34. The molecule has 0 saturated heterocycles. The number of aliphatic hydroxyl groups is 2. The Morgan fingerprint density at radius 2 is 1.22 bits per heavy atom. The van der Waals surface area contributed by atoms with Crippen molar-refractivity contribution in [3.8, 4) is 23.0 Å². The van der Waals surface area contributed by atoms with E-state index >= 15 is 0 Å². The lowest BCUT2D eigenvalue weighted by atomic mass is 9.77. The van der Waals surface area contributed by atoms with Gasteiger partial charge in [0.2, 0.25) is 0 Å². The lowest BCUT2D eigenvalue weighted by molar-refractivity contribution is 0.113. The molecule has 4 unspecified atom stereocenters. The maximum atomic E-state index is 11.5. The molecule has 2 aromatic rings. The summed E-state index contributed by atoms with van der Waals surface area (Å²) in [6.07, 6.45) is 8.87. The molecule has 0 spiro atoms. The minimum Gasteiger partial charge on any atom is -0.511 e. The first kappa shape index (κ1) is 33.5. The molecular formula is C40H50O6. The van der Waals surface area contributed by atoms with Crippen molar-refractivity contribution in [1.82, 2.24) is 0 Å². The summed E-state index contributed by atoms with van der Waals surface area (Å²) >= 11 is 0. The number of aliphatic hydroxyl groups excluding tert-OH is 2. The molecule has 0 saturated carbocycles. The highest BCUT2D eigenvalue weighted by Crippen LogP contribution is 2.47. The highest BCUT2D eigenvalue weighted by atomic mass is 16.5. The SMILES string of the molecule is CCC(C)Oc1ccc2c(c1)/C(=C/C1=C(O)C(/C=C3\C=C(C(C)(C)C)Oc4ccc(OC(C)CC)cc43)C1O)C=C(C(C)(C)C)O2. The summed E-state index contributed by atoms with van der Waals surface area (Å²) in [5, 5.41) is 22.9. The van der Waals surface area contributed by atoms with Crippen molar-refractivity contribution in [2.75, 3.05) is 0 Å². The Bertz CT molecular complexity index is 1640. The third-order valence-corrected chi connectivity index (χ3v) is 8.78. The highest BCUT2D eigenvalue weighted by molar-refractivity contribution is 5.84. The number of hydrogen-bond acceptors (Lipinski definition) is 6. The van der Waals surface area contributed by atoms with Crippen LogP contribution in [-0.2, 0) is 0 Å². The van der Waals surface area contributed by atoms with Crippen LogP contribution in [0.4, 0.5) is 0 Å². The Hall–Kier alpha value is -3.90. The van der Waals surface area contributed by atoms with Gasteiger partial charge >= 0.3 is 0 Å². The van der Waals surface area contributed by atoms with Crippen LogP contribution in [0.15, 0.2) is 83.6 Å². The molecule has 6 heteroatoms. The van der Waals surface area contributed by atoms with Gasteiger partial charge in [0, 0.05) is 27.5 Å². The molecule has 3 aliphatic rings. The van der Waals surface area contributed by atoms with E-state index in [-0.39, 0.29) is 28.8 Å². The molecule has 1 aliphatic carbocycles. The number of hydrogen-bond donors (Lipinski definition) is 2. The fraction of sp³-hybridized carbons (Fsp3) is 0.450. The Labute approximate surface area is 274 Å². The first-order chi connectivity index (χ1) is 21.6. The van der Waals surface area contributed by atoms with Crippen molar-refractivity contribution in [3.63, 3.8) is 0 Å². The van der Waals surface area contributed by atoms with Gasteiger partial charge in [-0.2, -0.15) is 0 Å². The number of allylic oxidation sites excluding steroid dienone is 6. The van der Waals surface area contributed by atoms with Crippen LogP contribution >= 0.6 is 0 Å². The summed E-state index contributed by atoms with van der Waals surface area (Å²) in [5.41, 5.74) is 3.46. The molecular weight excluding hydrogens is 576 g/mol. The van der Waals surface area contributed by atoms with Crippen LogP contribution in [-0.4, -0.2) is 28.5 Å². The third kappa shape index (κ3) is 6.92. The van der Waals surface area contributed by atoms with Crippen LogP contribution in [0, 0.1) is 16.7 Å². The monoisotopic (exact) mass is 626 g/mol.